The van der Waals surface area contributed by atoms with Gasteiger partial charge in [-0.05, 0) is 26.2 Å². The van der Waals surface area contributed by atoms with E-state index in [0.29, 0.717) is 26.1 Å². The van der Waals surface area contributed by atoms with E-state index < -0.39 is 11.4 Å². The first-order valence-corrected chi connectivity index (χ1v) is 5.67. The molecule has 5 heteroatoms. The Kier molecular flexibility index (Phi) is 2.88. The predicted octanol–water partition coefficient (Wildman–Crippen LogP) is 0.489. The number of likely N-dealkylation sites (tertiary alicyclic amines) is 1. The molecule has 0 aromatic carbocycles. The van der Waals surface area contributed by atoms with Gasteiger partial charge in [0.1, 0.15) is 6.10 Å². The van der Waals surface area contributed by atoms with E-state index >= 15 is 0 Å². The van der Waals surface area contributed by atoms with Crippen molar-refractivity contribution in [2.24, 2.45) is 5.41 Å². The molecule has 2 heterocycles. The van der Waals surface area contributed by atoms with Crippen molar-refractivity contribution in [3.63, 3.8) is 0 Å². The quantitative estimate of drug-likeness (QED) is 0.745. The maximum atomic E-state index is 12.0. The molecule has 1 N–H and O–H groups in total. The number of ether oxygens (including phenoxy) is 1. The number of carboxylic acid groups (broad SMARTS) is 1. The van der Waals surface area contributed by atoms with Gasteiger partial charge in [-0.2, -0.15) is 0 Å². The number of hydrogen-bond donors (Lipinski definition) is 1. The summed E-state index contributed by atoms with van der Waals surface area (Å²) >= 11 is 0. The van der Waals surface area contributed by atoms with Crippen molar-refractivity contribution < 1.29 is 19.4 Å². The zero-order valence-electron chi connectivity index (χ0n) is 9.44. The molecular formula is C11H17NO4. The minimum Gasteiger partial charge on any atom is -0.481 e. The van der Waals surface area contributed by atoms with Gasteiger partial charge in [-0.25, -0.2) is 0 Å². The van der Waals surface area contributed by atoms with Crippen molar-refractivity contribution in [2.75, 3.05) is 19.7 Å². The first-order valence-electron chi connectivity index (χ1n) is 5.67. The summed E-state index contributed by atoms with van der Waals surface area (Å²) in [5.41, 5.74) is -0.783. The van der Waals surface area contributed by atoms with E-state index in [4.69, 9.17) is 9.84 Å². The second-order valence-electron chi connectivity index (χ2n) is 4.88. The Bertz CT molecular complexity index is 311. The van der Waals surface area contributed by atoms with Crippen LogP contribution in [-0.4, -0.2) is 47.7 Å². The lowest BCUT2D eigenvalue weighted by Gasteiger charge is -2.22. The van der Waals surface area contributed by atoms with Crippen molar-refractivity contribution in [3.05, 3.63) is 0 Å². The van der Waals surface area contributed by atoms with Gasteiger partial charge in [0.25, 0.3) is 5.91 Å². The molecule has 16 heavy (non-hydrogen) atoms. The van der Waals surface area contributed by atoms with Crippen molar-refractivity contribution >= 4 is 11.9 Å². The summed E-state index contributed by atoms with van der Waals surface area (Å²) in [6, 6.07) is 0. The summed E-state index contributed by atoms with van der Waals surface area (Å²) in [5, 5.41) is 9.07. The summed E-state index contributed by atoms with van der Waals surface area (Å²) in [4.78, 5) is 24.6. The number of hydrogen-bond acceptors (Lipinski definition) is 3. The van der Waals surface area contributed by atoms with E-state index in [2.05, 4.69) is 0 Å². The SMILES string of the molecule is CC1(C(=O)O)CCN(C(=O)[C@H]2CCCO2)C1. The number of carboxylic acids is 1. The van der Waals surface area contributed by atoms with E-state index in [1.807, 2.05) is 0 Å². The molecule has 1 unspecified atom stereocenters. The third-order valence-corrected chi connectivity index (χ3v) is 3.51. The second kappa shape index (κ2) is 4.05. The van der Waals surface area contributed by atoms with Crippen LogP contribution in [0.4, 0.5) is 0 Å². The van der Waals surface area contributed by atoms with E-state index in [1.165, 1.54) is 0 Å². The Balaban J connectivity index is 1.97. The summed E-state index contributed by atoms with van der Waals surface area (Å²) in [6.45, 7) is 3.17. The first-order chi connectivity index (χ1) is 7.53. The Morgan fingerprint density at radius 3 is 2.75 bits per heavy atom. The second-order valence-corrected chi connectivity index (χ2v) is 4.88. The van der Waals surface area contributed by atoms with Crippen LogP contribution in [0, 0.1) is 5.41 Å². The molecule has 2 aliphatic heterocycles. The van der Waals surface area contributed by atoms with E-state index in [9.17, 15) is 9.59 Å². The molecule has 2 fully saturated rings. The fourth-order valence-electron chi connectivity index (χ4n) is 2.30. The van der Waals surface area contributed by atoms with Crippen LogP contribution in [0.5, 0.6) is 0 Å². The highest BCUT2D eigenvalue weighted by molar-refractivity contribution is 5.83. The minimum absolute atomic E-state index is 0.0394. The van der Waals surface area contributed by atoms with Crippen LogP contribution >= 0.6 is 0 Å². The molecule has 1 amide bonds. The third kappa shape index (κ3) is 1.91. The van der Waals surface area contributed by atoms with Crippen molar-refractivity contribution in [3.8, 4) is 0 Å². The molecule has 90 valence electrons. The van der Waals surface area contributed by atoms with Gasteiger partial charge in [0.2, 0.25) is 0 Å². The van der Waals surface area contributed by atoms with Gasteiger partial charge in [-0.1, -0.05) is 0 Å². The third-order valence-electron chi connectivity index (χ3n) is 3.51. The fraction of sp³-hybridized carbons (Fsp3) is 0.818. The van der Waals surface area contributed by atoms with E-state index in [-0.39, 0.29) is 12.0 Å². The lowest BCUT2D eigenvalue weighted by Crippen LogP contribution is -2.40. The Hall–Kier alpha value is -1.10. The number of carbonyl (C=O) groups is 2. The molecule has 0 spiro atoms. The largest absolute Gasteiger partial charge is 0.481 e. The molecule has 2 saturated heterocycles. The van der Waals surface area contributed by atoms with Crippen LogP contribution in [-0.2, 0) is 14.3 Å². The lowest BCUT2D eigenvalue weighted by atomic mass is 9.90. The number of carbonyl (C=O) groups excluding carboxylic acids is 1. The highest BCUT2D eigenvalue weighted by Crippen LogP contribution is 2.31. The smallest absolute Gasteiger partial charge is 0.311 e. The molecule has 5 nitrogen and oxygen atoms in total. The van der Waals surface area contributed by atoms with Gasteiger partial charge in [-0.15, -0.1) is 0 Å². The number of rotatable bonds is 2. The highest BCUT2D eigenvalue weighted by Gasteiger charge is 2.43. The number of aliphatic carboxylic acids is 1. The molecule has 2 rings (SSSR count). The molecule has 0 saturated carbocycles. The van der Waals surface area contributed by atoms with Gasteiger partial charge >= 0.3 is 5.97 Å². The number of amides is 1. The molecule has 0 aromatic rings. The molecule has 0 aromatic heterocycles. The summed E-state index contributed by atoms with van der Waals surface area (Å²) in [6.07, 6.45) is 1.87. The van der Waals surface area contributed by atoms with E-state index in [1.54, 1.807) is 11.8 Å². The van der Waals surface area contributed by atoms with Crippen molar-refractivity contribution in [2.45, 2.75) is 32.3 Å². The van der Waals surface area contributed by atoms with E-state index in [0.717, 1.165) is 12.8 Å². The first kappa shape index (κ1) is 11.4. The van der Waals surface area contributed by atoms with Crippen LogP contribution in [0.1, 0.15) is 26.2 Å². The Labute approximate surface area is 94.4 Å². The predicted molar refractivity (Wildman–Crippen MR) is 55.9 cm³/mol. The van der Waals surface area contributed by atoms with Gasteiger partial charge in [-0.3, -0.25) is 9.59 Å². The van der Waals surface area contributed by atoms with Crippen LogP contribution in [0.3, 0.4) is 0 Å². The lowest BCUT2D eigenvalue weighted by molar-refractivity contribution is -0.148. The molecule has 0 bridgehead atoms. The van der Waals surface area contributed by atoms with Gasteiger partial charge in [0.15, 0.2) is 0 Å². The normalized spacial score (nSPS) is 34.3. The molecule has 0 aliphatic carbocycles. The fourth-order valence-corrected chi connectivity index (χ4v) is 2.30. The van der Waals surface area contributed by atoms with Gasteiger partial charge in [0.05, 0.1) is 5.41 Å². The zero-order chi connectivity index (χ0) is 11.8. The molecule has 2 atom stereocenters. The zero-order valence-corrected chi connectivity index (χ0v) is 9.44. The maximum Gasteiger partial charge on any atom is 0.311 e. The van der Waals surface area contributed by atoms with Crippen molar-refractivity contribution in [1.82, 2.24) is 4.90 Å². The molecule has 2 aliphatic rings. The van der Waals surface area contributed by atoms with Crippen molar-refractivity contribution in [1.29, 1.82) is 0 Å². The van der Waals surface area contributed by atoms with Gasteiger partial charge < -0.3 is 14.7 Å². The van der Waals surface area contributed by atoms with Crippen LogP contribution in [0.15, 0.2) is 0 Å². The highest BCUT2D eigenvalue weighted by atomic mass is 16.5. The van der Waals surface area contributed by atoms with Crippen LogP contribution in [0.25, 0.3) is 0 Å². The summed E-state index contributed by atoms with van der Waals surface area (Å²) in [7, 11) is 0. The van der Waals surface area contributed by atoms with Gasteiger partial charge in [0, 0.05) is 19.7 Å². The molecule has 0 radical (unpaired) electrons. The topological polar surface area (TPSA) is 66.8 Å². The number of nitrogens with zero attached hydrogens (tertiary/aromatic N) is 1. The maximum absolute atomic E-state index is 12.0. The standard InChI is InChI=1S/C11H17NO4/c1-11(10(14)15)4-5-12(7-11)9(13)8-3-2-6-16-8/h8H,2-7H2,1H3,(H,14,15)/t8-,11?/m1/s1. The molecular weight excluding hydrogens is 210 g/mol. The Morgan fingerprint density at radius 1 is 1.50 bits per heavy atom. The summed E-state index contributed by atoms with van der Waals surface area (Å²) < 4.78 is 5.32. The van der Waals surface area contributed by atoms with Crippen LogP contribution < -0.4 is 0 Å². The Morgan fingerprint density at radius 2 is 2.25 bits per heavy atom. The van der Waals surface area contributed by atoms with Crippen LogP contribution in [0.2, 0.25) is 0 Å². The average molecular weight is 227 g/mol. The summed E-state index contributed by atoms with van der Waals surface area (Å²) in [5.74, 6) is -0.863. The minimum atomic E-state index is -0.824. The monoisotopic (exact) mass is 227 g/mol. The average Bonchev–Trinajstić information content (AvgIpc) is 2.85.